The van der Waals surface area contributed by atoms with Gasteiger partial charge in [-0.05, 0) is 62.3 Å². The number of thioether (sulfide) groups is 1. The van der Waals surface area contributed by atoms with Crippen molar-refractivity contribution in [2.75, 3.05) is 24.3 Å². The molecule has 2 heterocycles. The molecule has 0 N–H and O–H groups in total. The summed E-state index contributed by atoms with van der Waals surface area (Å²) in [5, 5.41) is 9.77. The SMILES string of the molecule is COc1ccc2c(c1)CCCN2C(=O)CSc1nnc(C2CC2)n1C1CC1. The minimum Gasteiger partial charge on any atom is -0.497 e. The topological polar surface area (TPSA) is 60.2 Å². The summed E-state index contributed by atoms with van der Waals surface area (Å²) in [7, 11) is 1.68. The Labute approximate surface area is 163 Å². The summed E-state index contributed by atoms with van der Waals surface area (Å²) in [6.45, 7) is 0.779. The average molecular weight is 385 g/mol. The Balaban J connectivity index is 1.31. The van der Waals surface area contributed by atoms with Crippen LogP contribution >= 0.6 is 11.8 Å². The van der Waals surface area contributed by atoms with E-state index in [1.54, 1.807) is 7.11 Å². The third-order valence-corrected chi connectivity index (χ3v) is 6.50. The van der Waals surface area contributed by atoms with Crippen molar-refractivity contribution in [3.8, 4) is 5.75 Å². The summed E-state index contributed by atoms with van der Waals surface area (Å²) >= 11 is 1.54. The lowest BCUT2D eigenvalue weighted by Crippen LogP contribution is -2.36. The molecular weight excluding hydrogens is 360 g/mol. The van der Waals surface area contributed by atoms with Gasteiger partial charge in [0.2, 0.25) is 5.91 Å². The van der Waals surface area contributed by atoms with Gasteiger partial charge < -0.3 is 14.2 Å². The van der Waals surface area contributed by atoms with Gasteiger partial charge in [-0.3, -0.25) is 4.79 Å². The molecule has 0 atom stereocenters. The van der Waals surface area contributed by atoms with Gasteiger partial charge in [0.25, 0.3) is 0 Å². The van der Waals surface area contributed by atoms with E-state index in [0.29, 0.717) is 17.7 Å². The van der Waals surface area contributed by atoms with Crippen LogP contribution in [0.2, 0.25) is 0 Å². The number of carbonyl (C=O) groups is 1. The number of hydrogen-bond donors (Lipinski definition) is 0. The van der Waals surface area contributed by atoms with Crippen LogP contribution in [0, 0.1) is 0 Å². The number of benzene rings is 1. The van der Waals surface area contributed by atoms with E-state index in [0.717, 1.165) is 41.8 Å². The summed E-state index contributed by atoms with van der Waals surface area (Å²) in [5.74, 6) is 3.13. The van der Waals surface area contributed by atoms with Gasteiger partial charge >= 0.3 is 0 Å². The zero-order valence-electron chi connectivity index (χ0n) is 15.6. The summed E-state index contributed by atoms with van der Waals surface area (Å²) < 4.78 is 7.63. The number of ether oxygens (including phenoxy) is 1. The van der Waals surface area contributed by atoms with E-state index in [1.165, 1.54) is 43.0 Å². The molecule has 0 radical (unpaired) electrons. The summed E-state index contributed by atoms with van der Waals surface area (Å²) in [5.41, 5.74) is 2.21. The molecule has 3 aliphatic rings. The number of carbonyl (C=O) groups excluding carboxylic acids is 1. The minimum absolute atomic E-state index is 0.143. The zero-order valence-corrected chi connectivity index (χ0v) is 16.4. The number of hydrogen-bond acceptors (Lipinski definition) is 5. The van der Waals surface area contributed by atoms with Crippen molar-refractivity contribution in [3.05, 3.63) is 29.6 Å². The number of aryl methyl sites for hydroxylation is 1. The van der Waals surface area contributed by atoms with Gasteiger partial charge in [0.15, 0.2) is 5.16 Å². The van der Waals surface area contributed by atoms with Crippen LogP contribution in [-0.4, -0.2) is 40.1 Å². The molecule has 6 nitrogen and oxygen atoms in total. The van der Waals surface area contributed by atoms with Crippen LogP contribution in [0.5, 0.6) is 5.75 Å². The van der Waals surface area contributed by atoms with Gasteiger partial charge in [-0.15, -0.1) is 10.2 Å². The number of anilines is 1. The molecule has 1 aromatic carbocycles. The molecule has 5 rings (SSSR count). The molecular formula is C20H24N4O2S. The van der Waals surface area contributed by atoms with Crippen molar-refractivity contribution in [2.24, 2.45) is 0 Å². The van der Waals surface area contributed by atoms with Gasteiger partial charge in [0.05, 0.1) is 12.9 Å². The van der Waals surface area contributed by atoms with Gasteiger partial charge in [0, 0.05) is 24.2 Å². The van der Waals surface area contributed by atoms with E-state index < -0.39 is 0 Å². The first-order valence-electron chi connectivity index (χ1n) is 9.79. The third-order valence-electron chi connectivity index (χ3n) is 5.58. The lowest BCUT2D eigenvalue weighted by atomic mass is 10.0. The maximum Gasteiger partial charge on any atom is 0.237 e. The number of rotatable bonds is 6. The Hall–Kier alpha value is -2.02. The molecule has 2 aliphatic carbocycles. The van der Waals surface area contributed by atoms with Crippen LogP contribution in [0.1, 0.15) is 55.5 Å². The van der Waals surface area contributed by atoms with E-state index in [9.17, 15) is 4.79 Å². The van der Waals surface area contributed by atoms with Crippen molar-refractivity contribution in [2.45, 2.75) is 55.6 Å². The molecule has 0 spiro atoms. The highest BCUT2D eigenvalue weighted by Crippen LogP contribution is 2.46. The molecule has 1 aliphatic heterocycles. The molecule has 1 amide bonds. The third kappa shape index (κ3) is 3.33. The maximum atomic E-state index is 13.0. The predicted octanol–water partition coefficient (Wildman–Crippen LogP) is 3.57. The first-order valence-corrected chi connectivity index (χ1v) is 10.8. The van der Waals surface area contributed by atoms with Gasteiger partial charge in [0.1, 0.15) is 11.6 Å². The summed E-state index contributed by atoms with van der Waals surface area (Å²) in [4.78, 5) is 14.9. The Bertz CT molecular complexity index is 873. The predicted molar refractivity (Wildman–Crippen MR) is 105 cm³/mol. The van der Waals surface area contributed by atoms with Crippen LogP contribution in [0.25, 0.3) is 0 Å². The molecule has 1 aromatic heterocycles. The molecule has 2 fully saturated rings. The van der Waals surface area contributed by atoms with Crippen LogP contribution in [0.15, 0.2) is 23.4 Å². The smallest absolute Gasteiger partial charge is 0.237 e. The van der Waals surface area contributed by atoms with E-state index in [1.807, 2.05) is 23.1 Å². The van der Waals surface area contributed by atoms with E-state index in [4.69, 9.17) is 4.74 Å². The number of amides is 1. The number of fused-ring (bicyclic) bond motifs is 1. The monoisotopic (exact) mass is 384 g/mol. The molecule has 142 valence electrons. The van der Waals surface area contributed by atoms with Gasteiger partial charge in [-0.1, -0.05) is 11.8 Å². The lowest BCUT2D eigenvalue weighted by Gasteiger charge is -2.29. The van der Waals surface area contributed by atoms with Crippen LogP contribution in [0.3, 0.4) is 0 Å². The summed E-state index contributed by atoms with van der Waals surface area (Å²) in [6.07, 6.45) is 6.84. The fourth-order valence-electron chi connectivity index (χ4n) is 3.85. The standard InChI is InChI=1S/C20H24N4O2S/c1-26-16-8-9-17-14(11-16)3-2-10-23(17)18(25)12-27-20-22-21-19(13-4-5-13)24(20)15-6-7-15/h8-9,11,13,15H,2-7,10,12H2,1H3. The molecule has 27 heavy (non-hydrogen) atoms. The van der Waals surface area contributed by atoms with E-state index >= 15 is 0 Å². The van der Waals surface area contributed by atoms with Crippen molar-refractivity contribution in [1.82, 2.24) is 14.8 Å². The molecule has 2 saturated carbocycles. The largest absolute Gasteiger partial charge is 0.497 e. The van der Waals surface area contributed by atoms with Crippen molar-refractivity contribution in [1.29, 1.82) is 0 Å². The second-order valence-corrected chi connectivity index (χ2v) is 8.59. The fourth-order valence-corrected chi connectivity index (χ4v) is 4.74. The molecule has 0 unspecified atom stereocenters. The highest BCUT2D eigenvalue weighted by molar-refractivity contribution is 7.99. The second kappa shape index (κ2) is 6.86. The first-order chi connectivity index (χ1) is 13.2. The number of aromatic nitrogens is 3. The quantitative estimate of drug-likeness (QED) is 0.713. The highest BCUT2D eigenvalue weighted by Gasteiger charge is 2.36. The van der Waals surface area contributed by atoms with Crippen LogP contribution < -0.4 is 9.64 Å². The second-order valence-electron chi connectivity index (χ2n) is 7.65. The molecule has 0 saturated heterocycles. The minimum atomic E-state index is 0.143. The molecule has 7 heteroatoms. The molecule has 0 bridgehead atoms. The van der Waals surface area contributed by atoms with E-state index in [2.05, 4.69) is 14.8 Å². The highest BCUT2D eigenvalue weighted by atomic mass is 32.2. The lowest BCUT2D eigenvalue weighted by molar-refractivity contribution is -0.116. The Kier molecular flexibility index (Phi) is 4.34. The van der Waals surface area contributed by atoms with Crippen molar-refractivity contribution in [3.63, 3.8) is 0 Å². The van der Waals surface area contributed by atoms with Gasteiger partial charge in [-0.2, -0.15) is 0 Å². The van der Waals surface area contributed by atoms with Crippen molar-refractivity contribution >= 4 is 23.4 Å². The van der Waals surface area contributed by atoms with Gasteiger partial charge in [-0.25, -0.2) is 0 Å². The Morgan fingerprint density at radius 2 is 2.11 bits per heavy atom. The van der Waals surface area contributed by atoms with Crippen LogP contribution in [0.4, 0.5) is 5.69 Å². The first kappa shape index (κ1) is 17.1. The average Bonchev–Trinajstić information content (AvgIpc) is 3.63. The maximum absolute atomic E-state index is 13.0. The Morgan fingerprint density at radius 3 is 2.85 bits per heavy atom. The molecule has 2 aromatic rings. The van der Waals surface area contributed by atoms with E-state index in [-0.39, 0.29) is 5.91 Å². The van der Waals surface area contributed by atoms with Crippen LogP contribution in [-0.2, 0) is 11.2 Å². The van der Waals surface area contributed by atoms with Crippen molar-refractivity contribution < 1.29 is 9.53 Å². The Morgan fingerprint density at radius 1 is 1.26 bits per heavy atom. The zero-order chi connectivity index (χ0) is 18.4. The number of methoxy groups -OCH3 is 1. The normalized spacial score (nSPS) is 19.1. The number of nitrogens with zero attached hydrogens (tertiary/aromatic N) is 4. The summed E-state index contributed by atoms with van der Waals surface area (Å²) in [6, 6.07) is 6.54. The fraction of sp³-hybridized carbons (Fsp3) is 0.550.